The summed E-state index contributed by atoms with van der Waals surface area (Å²) in [6, 6.07) is 37.4. The van der Waals surface area contributed by atoms with Crippen LogP contribution in [0.5, 0.6) is 0 Å². The van der Waals surface area contributed by atoms with Crippen LogP contribution in [0.1, 0.15) is 26.7 Å². The number of rotatable bonds is 10. The van der Waals surface area contributed by atoms with Crippen molar-refractivity contribution in [3.8, 4) is 0 Å². The Labute approximate surface area is 289 Å². The van der Waals surface area contributed by atoms with Gasteiger partial charge in [0, 0.05) is 25.6 Å². The smallest absolute Gasteiger partial charge is 0.272 e. The van der Waals surface area contributed by atoms with Crippen LogP contribution in [0.4, 0.5) is 11.4 Å². The zero-order chi connectivity index (χ0) is 32.5. The lowest BCUT2D eigenvalue weighted by atomic mass is 10.1. The van der Waals surface area contributed by atoms with E-state index in [9.17, 15) is 14.4 Å². The molecule has 0 heterocycles. The maximum absolute atomic E-state index is 13.5. The van der Waals surface area contributed by atoms with E-state index in [1.54, 1.807) is 60.7 Å². The highest BCUT2D eigenvalue weighted by atomic mass is 79.9. The Morgan fingerprint density at radius 1 is 0.739 bits per heavy atom. The van der Waals surface area contributed by atoms with Crippen molar-refractivity contribution in [2.75, 3.05) is 10.6 Å². The summed E-state index contributed by atoms with van der Waals surface area (Å²) in [7, 11) is 0. The van der Waals surface area contributed by atoms with Crippen molar-refractivity contribution < 1.29 is 14.4 Å². The zero-order valence-electron chi connectivity index (χ0n) is 24.0. The van der Waals surface area contributed by atoms with Crippen LogP contribution in [0.15, 0.2) is 142 Å². The zero-order valence-corrected chi connectivity index (χ0v) is 28.0. The van der Waals surface area contributed by atoms with Crippen LogP contribution in [0, 0.1) is 0 Å². The first-order valence-electron chi connectivity index (χ1n) is 14.0. The van der Waals surface area contributed by atoms with Gasteiger partial charge < -0.3 is 16.0 Å². The van der Waals surface area contributed by atoms with E-state index in [4.69, 9.17) is 23.2 Å². The number of hydrogen-bond donors (Lipinski definition) is 3. The molecule has 3 amide bonds. The molecule has 0 fully saturated rings. The Kier molecular flexibility index (Phi) is 11.3. The number of carbonyl (C=O) groups is 3. The van der Waals surface area contributed by atoms with Gasteiger partial charge in [0.2, 0.25) is 5.91 Å². The first-order chi connectivity index (χ1) is 22.2. The van der Waals surface area contributed by atoms with Gasteiger partial charge in [0.15, 0.2) is 0 Å². The van der Waals surface area contributed by atoms with Gasteiger partial charge in [0.1, 0.15) is 10.9 Å². The summed E-state index contributed by atoms with van der Waals surface area (Å²) < 4.78 is 0.835. The van der Waals surface area contributed by atoms with Gasteiger partial charge in [-0.2, -0.15) is 0 Å². The van der Waals surface area contributed by atoms with Gasteiger partial charge in [0.25, 0.3) is 11.8 Å². The van der Waals surface area contributed by atoms with Crippen molar-refractivity contribution in [3.63, 3.8) is 0 Å². The largest absolute Gasteiger partial charge is 0.323 e. The second-order valence-corrected chi connectivity index (χ2v) is 12.9. The molecule has 5 aromatic rings. The molecule has 0 aliphatic rings. The molecule has 230 valence electrons. The highest BCUT2D eigenvalue weighted by Gasteiger charge is 2.23. The third-order valence-corrected chi connectivity index (χ3v) is 8.91. The summed E-state index contributed by atoms with van der Waals surface area (Å²) in [5.74, 6) is -1.17. The number of thioether (sulfide) groups is 1. The van der Waals surface area contributed by atoms with Gasteiger partial charge in [-0.15, -0.1) is 11.8 Å². The molecular formula is C36H26BrCl2N3O3S. The van der Waals surface area contributed by atoms with Crippen LogP contribution in [0.25, 0.3) is 6.08 Å². The minimum absolute atomic E-state index is 0.0749. The monoisotopic (exact) mass is 729 g/mol. The lowest BCUT2D eigenvalue weighted by molar-refractivity contribution is -0.116. The number of halogens is 3. The average Bonchev–Trinajstić information content (AvgIpc) is 3.06. The highest BCUT2D eigenvalue weighted by Crippen LogP contribution is 2.37. The molecule has 0 saturated heterocycles. The lowest BCUT2D eigenvalue weighted by Crippen LogP contribution is -2.30. The molecule has 0 spiro atoms. The second kappa shape index (κ2) is 15.8. The summed E-state index contributed by atoms with van der Waals surface area (Å²) in [6.07, 6.45) is 1.61. The minimum Gasteiger partial charge on any atom is -0.323 e. The highest BCUT2D eigenvalue weighted by molar-refractivity contribution is 9.10. The minimum atomic E-state index is -0.607. The summed E-state index contributed by atoms with van der Waals surface area (Å²) in [5.41, 5.74) is 2.96. The molecule has 0 aliphatic heterocycles. The SMILES string of the molecule is O=C(Nc1ccc(SC(C(=O)Nc2cc(Cl)ccc2Cl)c2ccccc2)cc1)/C(=C/c1cccc(Br)c1)NC(=O)c1ccccc1. The third-order valence-electron chi connectivity index (χ3n) is 6.58. The Bertz CT molecular complexity index is 1890. The van der Waals surface area contributed by atoms with Crippen molar-refractivity contribution in [2.45, 2.75) is 10.1 Å². The molecule has 5 aromatic carbocycles. The number of nitrogens with one attached hydrogen (secondary N) is 3. The summed E-state index contributed by atoms with van der Waals surface area (Å²) >= 11 is 17.2. The van der Waals surface area contributed by atoms with Crippen LogP contribution in [0.3, 0.4) is 0 Å². The van der Waals surface area contributed by atoms with E-state index in [2.05, 4.69) is 31.9 Å². The van der Waals surface area contributed by atoms with E-state index >= 15 is 0 Å². The fourth-order valence-electron chi connectivity index (χ4n) is 4.35. The van der Waals surface area contributed by atoms with Crippen LogP contribution >= 0.6 is 50.9 Å². The van der Waals surface area contributed by atoms with E-state index in [1.165, 1.54) is 11.8 Å². The second-order valence-electron chi connectivity index (χ2n) is 9.93. The lowest BCUT2D eigenvalue weighted by Gasteiger charge is -2.18. The van der Waals surface area contributed by atoms with Crippen molar-refractivity contribution in [1.82, 2.24) is 5.32 Å². The maximum atomic E-state index is 13.5. The fourth-order valence-corrected chi connectivity index (χ4v) is 6.13. The first kappa shape index (κ1) is 33.0. The molecule has 10 heteroatoms. The Morgan fingerprint density at radius 2 is 1.43 bits per heavy atom. The number of amides is 3. The molecule has 1 atom stereocenters. The van der Waals surface area contributed by atoms with Gasteiger partial charge in [-0.1, -0.05) is 99.8 Å². The van der Waals surface area contributed by atoms with E-state index in [0.29, 0.717) is 27.0 Å². The van der Waals surface area contributed by atoms with Gasteiger partial charge in [-0.3, -0.25) is 14.4 Å². The molecule has 46 heavy (non-hydrogen) atoms. The van der Waals surface area contributed by atoms with E-state index in [0.717, 1.165) is 20.5 Å². The van der Waals surface area contributed by atoms with Crippen molar-refractivity contribution >= 4 is 86.1 Å². The van der Waals surface area contributed by atoms with E-state index < -0.39 is 17.1 Å². The normalized spacial score (nSPS) is 11.8. The molecule has 0 saturated carbocycles. The Balaban J connectivity index is 1.33. The summed E-state index contributed by atoms with van der Waals surface area (Å²) in [5, 5.41) is 8.73. The molecule has 0 aliphatic carbocycles. The number of carbonyl (C=O) groups excluding carboxylic acids is 3. The topological polar surface area (TPSA) is 87.3 Å². The maximum Gasteiger partial charge on any atom is 0.272 e. The van der Waals surface area contributed by atoms with E-state index in [-0.39, 0.29) is 11.6 Å². The molecule has 0 bridgehead atoms. The summed E-state index contributed by atoms with van der Waals surface area (Å²) in [6.45, 7) is 0. The molecule has 0 radical (unpaired) electrons. The van der Waals surface area contributed by atoms with Crippen LogP contribution in [-0.2, 0) is 9.59 Å². The average molecular weight is 731 g/mol. The first-order valence-corrected chi connectivity index (χ1v) is 16.4. The number of benzene rings is 5. The predicted molar refractivity (Wildman–Crippen MR) is 191 cm³/mol. The quantitative estimate of drug-likeness (QED) is 0.0987. The number of hydrogen-bond acceptors (Lipinski definition) is 4. The van der Waals surface area contributed by atoms with Gasteiger partial charge in [-0.05, 0) is 83.9 Å². The van der Waals surface area contributed by atoms with Gasteiger partial charge in [-0.25, -0.2) is 0 Å². The molecule has 6 nitrogen and oxygen atoms in total. The van der Waals surface area contributed by atoms with Crippen LogP contribution in [-0.4, -0.2) is 17.7 Å². The van der Waals surface area contributed by atoms with Gasteiger partial charge in [0.05, 0.1) is 10.7 Å². The standard InChI is InChI=1S/C36H26BrCl2N3O3S/c37-26-13-7-8-23(20-26)21-32(42-34(43)25-11-5-2-6-12-25)35(44)40-28-15-17-29(18-16-28)46-33(24-9-3-1-4-10-24)36(45)41-31-22-27(38)14-19-30(31)39/h1-22,33H,(H,40,44)(H,41,45)(H,42,43)/b32-21-. The molecule has 1 unspecified atom stereocenters. The van der Waals surface area contributed by atoms with E-state index in [1.807, 2.05) is 72.8 Å². The molecule has 5 rings (SSSR count). The summed E-state index contributed by atoms with van der Waals surface area (Å²) in [4.78, 5) is 40.7. The van der Waals surface area contributed by atoms with Crippen molar-refractivity contribution in [3.05, 3.63) is 164 Å². The molecule has 3 N–H and O–H groups in total. The number of anilines is 2. The predicted octanol–water partition coefficient (Wildman–Crippen LogP) is 9.64. The van der Waals surface area contributed by atoms with Crippen molar-refractivity contribution in [2.24, 2.45) is 0 Å². The van der Waals surface area contributed by atoms with Crippen LogP contribution < -0.4 is 16.0 Å². The molecule has 0 aromatic heterocycles. The fraction of sp³-hybridized carbons (Fsp3) is 0.0278. The molecular weight excluding hydrogens is 705 g/mol. The third kappa shape index (κ3) is 9.11. The van der Waals surface area contributed by atoms with Crippen molar-refractivity contribution in [1.29, 1.82) is 0 Å². The van der Waals surface area contributed by atoms with Crippen LogP contribution in [0.2, 0.25) is 10.0 Å². The Morgan fingerprint density at radius 3 is 2.13 bits per heavy atom. The Hall–Kier alpha value is -4.34. The van der Waals surface area contributed by atoms with Gasteiger partial charge >= 0.3 is 0 Å².